The maximum atomic E-state index is 13.2. The Labute approximate surface area is 304 Å². The first kappa shape index (κ1) is 35.5. The molecule has 10 heteroatoms. The van der Waals surface area contributed by atoms with Gasteiger partial charge in [0.2, 0.25) is 0 Å². The lowest BCUT2D eigenvalue weighted by Crippen LogP contribution is -2.46. The van der Waals surface area contributed by atoms with Gasteiger partial charge in [0.05, 0.1) is 4.90 Å². The van der Waals surface area contributed by atoms with E-state index in [0.717, 1.165) is 66.0 Å². The molecule has 1 saturated heterocycles. The van der Waals surface area contributed by atoms with Crippen LogP contribution in [-0.2, 0) is 16.6 Å². The SMILES string of the molecule is Cc1cc(S(=O)(=O)NC(=O)c2ccc(N3CCN(Cc4ccccc4-c4ccc(Cl)cc4)CC3)cc2)ccc1N[C@H](C)CSc1ccccc1. The first-order valence-electron chi connectivity index (χ1n) is 16.7. The van der Waals surface area contributed by atoms with Gasteiger partial charge in [-0.25, -0.2) is 13.1 Å². The number of hydrogen-bond donors (Lipinski definition) is 2. The van der Waals surface area contributed by atoms with Crippen LogP contribution in [0.3, 0.4) is 0 Å². The first-order valence-corrected chi connectivity index (χ1v) is 19.5. The van der Waals surface area contributed by atoms with E-state index in [1.54, 1.807) is 36.0 Å². The van der Waals surface area contributed by atoms with Crippen LogP contribution in [0.15, 0.2) is 131 Å². The number of sulfonamides is 1. The molecule has 1 atom stereocenters. The molecule has 258 valence electrons. The van der Waals surface area contributed by atoms with Crippen molar-refractivity contribution in [1.29, 1.82) is 0 Å². The molecule has 0 saturated carbocycles. The second kappa shape index (κ2) is 16.2. The van der Waals surface area contributed by atoms with Gasteiger partial charge in [-0.2, -0.15) is 0 Å². The smallest absolute Gasteiger partial charge is 0.264 e. The fourth-order valence-electron chi connectivity index (χ4n) is 6.05. The lowest BCUT2D eigenvalue weighted by Gasteiger charge is -2.36. The van der Waals surface area contributed by atoms with Crippen LogP contribution in [0.4, 0.5) is 11.4 Å². The Hall–Kier alpha value is -4.28. The number of carbonyl (C=O) groups is 1. The Morgan fingerprint density at radius 1 is 0.840 bits per heavy atom. The van der Waals surface area contributed by atoms with Crippen molar-refractivity contribution in [2.24, 2.45) is 0 Å². The van der Waals surface area contributed by atoms with Crippen molar-refractivity contribution in [3.8, 4) is 11.1 Å². The van der Waals surface area contributed by atoms with Crippen LogP contribution in [0.5, 0.6) is 0 Å². The van der Waals surface area contributed by atoms with Crippen LogP contribution >= 0.6 is 23.4 Å². The largest absolute Gasteiger partial charge is 0.382 e. The van der Waals surface area contributed by atoms with Gasteiger partial charge >= 0.3 is 0 Å². The van der Waals surface area contributed by atoms with Crippen LogP contribution in [-0.4, -0.2) is 57.2 Å². The summed E-state index contributed by atoms with van der Waals surface area (Å²) in [6.45, 7) is 8.29. The van der Waals surface area contributed by atoms with Crippen molar-refractivity contribution in [3.63, 3.8) is 0 Å². The Balaban J connectivity index is 1.01. The molecule has 0 aliphatic carbocycles. The maximum Gasteiger partial charge on any atom is 0.264 e. The number of nitrogens with zero attached hydrogens (tertiary/aromatic N) is 2. The van der Waals surface area contributed by atoms with E-state index in [2.05, 4.69) is 75.3 Å². The van der Waals surface area contributed by atoms with Crippen molar-refractivity contribution in [3.05, 3.63) is 143 Å². The third-order valence-electron chi connectivity index (χ3n) is 8.81. The molecule has 5 aromatic carbocycles. The van der Waals surface area contributed by atoms with E-state index in [1.165, 1.54) is 22.1 Å². The number of amides is 1. The summed E-state index contributed by atoms with van der Waals surface area (Å²) in [4.78, 5) is 19.0. The number of benzene rings is 5. The fraction of sp³-hybridized carbons (Fsp3) is 0.225. The molecule has 7 nitrogen and oxygen atoms in total. The van der Waals surface area contributed by atoms with Crippen molar-refractivity contribution in [2.45, 2.75) is 36.2 Å². The molecular weight excluding hydrogens is 684 g/mol. The normalized spacial score (nSPS) is 14.3. The molecule has 0 radical (unpaired) electrons. The average molecular weight is 725 g/mol. The van der Waals surface area contributed by atoms with Gasteiger partial charge in [-0.3, -0.25) is 9.69 Å². The maximum absolute atomic E-state index is 13.2. The molecule has 5 aromatic rings. The zero-order valence-electron chi connectivity index (χ0n) is 28.2. The topological polar surface area (TPSA) is 81.8 Å². The molecule has 0 bridgehead atoms. The standard InChI is InChI=1S/C40H41ClN4O3S2/c1-29-26-37(20-21-39(29)42-30(2)28-49-36-9-4-3-5-10-36)50(47,48)43-40(46)32-14-18-35(19-15-32)45-24-22-44(23-25-45)27-33-8-6-7-11-38(33)31-12-16-34(41)17-13-31/h3-21,26,30,42H,22-25,27-28H2,1-2H3,(H,43,46)/t30-/m1/s1. The number of rotatable bonds is 12. The molecule has 0 spiro atoms. The van der Waals surface area contributed by atoms with Gasteiger partial charge in [-0.05, 0) is 103 Å². The Kier molecular flexibility index (Phi) is 11.5. The number of piperazine rings is 1. The molecule has 1 amide bonds. The zero-order chi connectivity index (χ0) is 35.1. The van der Waals surface area contributed by atoms with Gasteiger partial charge in [0.25, 0.3) is 15.9 Å². The Morgan fingerprint density at radius 3 is 2.22 bits per heavy atom. The second-order valence-electron chi connectivity index (χ2n) is 12.6. The minimum Gasteiger partial charge on any atom is -0.382 e. The Bertz CT molecular complexity index is 2020. The number of halogens is 1. The fourth-order valence-corrected chi connectivity index (χ4v) is 8.11. The Morgan fingerprint density at radius 2 is 1.52 bits per heavy atom. The quantitative estimate of drug-likeness (QED) is 0.125. The molecule has 1 aliphatic heterocycles. The first-order chi connectivity index (χ1) is 24.1. The van der Waals surface area contributed by atoms with E-state index >= 15 is 0 Å². The van der Waals surface area contributed by atoms with Crippen LogP contribution < -0.4 is 14.9 Å². The summed E-state index contributed by atoms with van der Waals surface area (Å²) in [5.41, 5.74) is 6.57. The van der Waals surface area contributed by atoms with E-state index in [0.29, 0.717) is 0 Å². The average Bonchev–Trinajstić information content (AvgIpc) is 3.13. The molecule has 1 heterocycles. The van der Waals surface area contributed by atoms with E-state index in [4.69, 9.17) is 11.6 Å². The van der Waals surface area contributed by atoms with Gasteiger partial charge in [-0.1, -0.05) is 66.2 Å². The molecule has 1 fully saturated rings. The second-order valence-corrected chi connectivity index (χ2v) is 15.8. The number of carbonyl (C=O) groups excluding carboxylic acids is 1. The molecule has 2 N–H and O–H groups in total. The van der Waals surface area contributed by atoms with E-state index in [1.807, 2.05) is 49.4 Å². The lowest BCUT2D eigenvalue weighted by atomic mass is 9.99. The molecule has 50 heavy (non-hydrogen) atoms. The van der Waals surface area contributed by atoms with E-state index in [9.17, 15) is 13.2 Å². The van der Waals surface area contributed by atoms with Gasteiger partial charge in [0.15, 0.2) is 0 Å². The van der Waals surface area contributed by atoms with Crippen molar-refractivity contribution < 1.29 is 13.2 Å². The van der Waals surface area contributed by atoms with Gasteiger partial charge in [-0.15, -0.1) is 11.8 Å². The third-order valence-corrected chi connectivity index (χ3v) is 11.7. The third kappa shape index (κ3) is 9.08. The summed E-state index contributed by atoms with van der Waals surface area (Å²) < 4.78 is 28.6. The summed E-state index contributed by atoms with van der Waals surface area (Å²) in [7, 11) is -4.06. The zero-order valence-corrected chi connectivity index (χ0v) is 30.6. The molecule has 0 aromatic heterocycles. The number of hydrogen-bond acceptors (Lipinski definition) is 7. The summed E-state index contributed by atoms with van der Waals surface area (Å²) >= 11 is 7.87. The van der Waals surface area contributed by atoms with Crippen molar-refractivity contribution in [1.82, 2.24) is 9.62 Å². The summed E-state index contributed by atoms with van der Waals surface area (Å²) in [6, 6.07) is 38.8. The monoisotopic (exact) mass is 724 g/mol. The highest BCUT2D eigenvalue weighted by Gasteiger charge is 2.22. The molecule has 1 aliphatic rings. The lowest BCUT2D eigenvalue weighted by molar-refractivity contribution is 0.0981. The predicted molar refractivity (Wildman–Crippen MR) is 207 cm³/mol. The summed E-state index contributed by atoms with van der Waals surface area (Å²) in [5, 5.41) is 4.19. The highest BCUT2D eigenvalue weighted by Crippen LogP contribution is 2.28. The minimum absolute atomic E-state index is 0.0468. The van der Waals surface area contributed by atoms with Crippen molar-refractivity contribution >= 4 is 50.7 Å². The van der Waals surface area contributed by atoms with Gasteiger partial charge < -0.3 is 10.2 Å². The minimum atomic E-state index is -4.06. The summed E-state index contributed by atoms with van der Waals surface area (Å²) in [6.07, 6.45) is 0. The summed E-state index contributed by atoms with van der Waals surface area (Å²) in [5.74, 6) is 0.196. The van der Waals surface area contributed by atoms with Crippen LogP contribution in [0, 0.1) is 6.92 Å². The number of thioether (sulfide) groups is 1. The number of aryl methyl sites for hydroxylation is 1. The molecular formula is C40H41ClN4O3S2. The highest BCUT2D eigenvalue weighted by atomic mass is 35.5. The highest BCUT2D eigenvalue weighted by molar-refractivity contribution is 7.99. The van der Waals surface area contributed by atoms with Crippen LogP contribution in [0.2, 0.25) is 5.02 Å². The van der Waals surface area contributed by atoms with Crippen molar-refractivity contribution in [2.75, 3.05) is 42.1 Å². The van der Waals surface area contributed by atoms with E-state index < -0.39 is 15.9 Å². The van der Waals surface area contributed by atoms with Crippen LogP contribution in [0.25, 0.3) is 11.1 Å². The van der Waals surface area contributed by atoms with Gasteiger partial charge in [0.1, 0.15) is 0 Å². The molecule has 0 unspecified atom stereocenters. The predicted octanol–water partition coefficient (Wildman–Crippen LogP) is 8.35. The van der Waals surface area contributed by atoms with Gasteiger partial charge in [0, 0.05) is 71.4 Å². The number of nitrogens with one attached hydrogen (secondary N) is 2. The number of anilines is 2. The van der Waals surface area contributed by atoms with Crippen LogP contribution in [0.1, 0.15) is 28.4 Å². The van der Waals surface area contributed by atoms with E-state index in [-0.39, 0.29) is 16.5 Å². The molecule has 6 rings (SSSR count).